The van der Waals surface area contributed by atoms with E-state index < -0.39 is 0 Å². The number of halogens is 1. The van der Waals surface area contributed by atoms with Crippen LogP contribution in [0.2, 0.25) is 0 Å². The van der Waals surface area contributed by atoms with Gasteiger partial charge in [-0.25, -0.2) is 0 Å². The summed E-state index contributed by atoms with van der Waals surface area (Å²) in [6.45, 7) is 0.831. The molecule has 0 radical (unpaired) electrons. The number of alkyl halides is 1. The second kappa shape index (κ2) is 4.32. The molecule has 0 N–H and O–H groups in total. The van der Waals surface area contributed by atoms with E-state index in [9.17, 15) is 0 Å². The van der Waals surface area contributed by atoms with Crippen LogP contribution in [0.15, 0.2) is 24.3 Å². The van der Waals surface area contributed by atoms with Gasteiger partial charge in [-0.05, 0) is 24.1 Å². The molecule has 0 aromatic heterocycles. The molecule has 14 heavy (non-hydrogen) atoms. The number of hydrogen-bond donors (Lipinski definition) is 0. The van der Waals surface area contributed by atoms with Crippen LogP contribution in [0.3, 0.4) is 0 Å². The van der Waals surface area contributed by atoms with E-state index in [4.69, 9.17) is 9.47 Å². The molecule has 1 saturated heterocycles. The summed E-state index contributed by atoms with van der Waals surface area (Å²) >= 11 is 3.62. The lowest BCUT2D eigenvalue weighted by Crippen LogP contribution is -2.05. The van der Waals surface area contributed by atoms with Crippen LogP contribution < -0.4 is 4.74 Å². The predicted octanol–water partition coefficient (Wildman–Crippen LogP) is 2.92. The third-order valence-electron chi connectivity index (χ3n) is 2.44. The summed E-state index contributed by atoms with van der Waals surface area (Å²) in [6, 6.07) is 8.05. The normalized spacial score (nSPS) is 26.4. The van der Waals surface area contributed by atoms with E-state index in [1.165, 1.54) is 5.56 Å². The average Bonchev–Trinajstić information content (AvgIpc) is 2.65. The third-order valence-corrected chi connectivity index (χ3v) is 3.38. The minimum atomic E-state index is 0.171. The van der Waals surface area contributed by atoms with Crippen LogP contribution in [0.25, 0.3) is 0 Å². The maximum atomic E-state index is 5.65. The first-order valence-electron chi connectivity index (χ1n) is 4.71. The highest BCUT2D eigenvalue weighted by molar-refractivity contribution is 9.09. The molecule has 1 heterocycles. The van der Waals surface area contributed by atoms with Crippen LogP contribution in [0.5, 0.6) is 5.75 Å². The molecule has 1 aliphatic rings. The minimum Gasteiger partial charge on any atom is -0.497 e. The summed E-state index contributed by atoms with van der Waals surface area (Å²) in [5.74, 6) is 0.887. The van der Waals surface area contributed by atoms with Gasteiger partial charge in [-0.2, -0.15) is 0 Å². The van der Waals surface area contributed by atoms with Gasteiger partial charge in [0.2, 0.25) is 0 Å². The van der Waals surface area contributed by atoms with E-state index in [1.54, 1.807) is 7.11 Å². The SMILES string of the molecule is COc1cccc(C2OCCC2Br)c1. The molecule has 2 nitrogen and oxygen atoms in total. The van der Waals surface area contributed by atoms with Crippen molar-refractivity contribution in [2.75, 3.05) is 13.7 Å². The molecular weight excluding hydrogens is 244 g/mol. The Kier molecular flexibility index (Phi) is 3.08. The van der Waals surface area contributed by atoms with E-state index in [1.807, 2.05) is 18.2 Å². The number of benzene rings is 1. The number of rotatable bonds is 2. The quantitative estimate of drug-likeness (QED) is 0.758. The summed E-state index contributed by atoms with van der Waals surface area (Å²) in [6.07, 6.45) is 1.24. The van der Waals surface area contributed by atoms with Gasteiger partial charge in [-0.15, -0.1) is 0 Å². The number of ether oxygens (including phenoxy) is 2. The molecule has 2 atom stereocenters. The highest BCUT2D eigenvalue weighted by Gasteiger charge is 2.27. The van der Waals surface area contributed by atoms with Crippen molar-refractivity contribution in [2.24, 2.45) is 0 Å². The average molecular weight is 257 g/mol. The van der Waals surface area contributed by atoms with Crippen molar-refractivity contribution < 1.29 is 9.47 Å². The molecular formula is C11H13BrO2. The fourth-order valence-corrected chi connectivity index (χ4v) is 2.33. The molecule has 76 valence electrons. The van der Waals surface area contributed by atoms with E-state index in [0.29, 0.717) is 4.83 Å². The Bertz CT molecular complexity index is 314. The largest absolute Gasteiger partial charge is 0.497 e. The zero-order valence-electron chi connectivity index (χ0n) is 8.07. The second-order valence-electron chi connectivity index (χ2n) is 3.37. The smallest absolute Gasteiger partial charge is 0.119 e. The van der Waals surface area contributed by atoms with Crippen molar-refractivity contribution in [1.29, 1.82) is 0 Å². The topological polar surface area (TPSA) is 18.5 Å². The van der Waals surface area contributed by atoms with Gasteiger partial charge < -0.3 is 9.47 Å². The number of methoxy groups -OCH3 is 1. The Morgan fingerprint density at radius 2 is 2.36 bits per heavy atom. The highest BCUT2D eigenvalue weighted by Crippen LogP contribution is 2.35. The summed E-state index contributed by atoms with van der Waals surface area (Å²) in [4.78, 5) is 0.426. The van der Waals surface area contributed by atoms with E-state index in [-0.39, 0.29) is 6.10 Å². The molecule has 1 fully saturated rings. The maximum absolute atomic E-state index is 5.65. The monoisotopic (exact) mass is 256 g/mol. The van der Waals surface area contributed by atoms with Gasteiger partial charge in [-0.1, -0.05) is 28.1 Å². The van der Waals surface area contributed by atoms with Crippen molar-refractivity contribution in [3.63, 3.8) is 0 Å². The first-order chi connectivity index (χ1) is 6.81. The van der Waals surface area contributed by atoms with Crippen molar-refractivity contribution in [3.05, 3.63) is 29.8 Å². The van der Waals surface area contributed by atoms with Gasteiger partial charge >= 0.3 is 0 Å². The molecule has 0 amide bonds. The second-order valence-corrected chi connectivity index (χ2v) is 4.55. The summed E-state index contributed by atoms with van der Waals surface area (Å²) in [5, 5.41) is 0. The molecule has 1 aromatic carbocycles. The van der Waals surface area contributed by atoms with Crippen LogP contribution in [0, 0.1) is 0 Å². The Hall–Kier alpha value is -0.540. The molecule has 0 spiro atoms. The van der Waals surface area contributed by atoms with Crippen molar-refractivity contribution in [2.45, 2.75) is 17.4 Å². The van der Waals surface area contributed by atoms with Crippen LogP contribution >= 0.6 is 15.9 Å². The summed E-state index contributed by atoms with van der Waals surface area (Å²) in [7, 11) is 1.68. The zero-order valence-corrected chi connectivity index (χ0v) is 9.66. The standard InChI is InChI=1S/C11H13BrO2/c1-13-9-4-2-3-8(7-9)11-10(12)5-6-14-11/h2-4,7,10-11H,5-6H2,1H3. The van der Waals surface area contributed by atoms with Crippen LogP contribution in [0.4, 0.5) is 0 Å². The van der Waals surface area contributed by atoms with Crippen LogP contribution in [-0.4, -0.2) is 18.5 Å². The zero-order chi connectivity index (χ0) is 9.97. The lowest BCUT2D eigenvalue weighted by Gasteiger charge is -2.14. The van der Waals surface area contributed by atoms with Gasteiger partial charge in [0, 0.05) is 11.4 Å². The third kappa shape index (κ3) is 1.93. The van der Waals surface area contributed by atoms with Crippen molar-refractivity contribution in [3.8, 4) is 5.75 Å². The molecule has 0 aliphatic carbocycles. The molecule has 1 aliphatic heterocycles. The minimum absolute atomic E-state index is 0.171. The fraction of sp³-hybridized carbons (Fsp3) is 0.455. The molecule has 2 unspecified atom stereocenters. The predicted molar refractivity (Wildman–Crippen MR) is 59.0 cm³/mol. The molecule has 0 bridgehead atoms. The fourth-order valence-electron chi connectivity index (χ4n) is 1.69. The van der Waals surface area contributed by atoms with E-state index in [2.05, 4.69) is 22.0 Å². The van der Waals surface area contributed by atoms with Gasteiger partial charge in [0.25, 0.3) is 0 Å². The van der Waals surface area contributed by atoms with Gasteiger partial charge in [0.05, 0.1) is 13.2 Å². The molecule has 0 saturated carbocycles. The summed E-state index contributed by atoms with van der Waals surface area (Å²) in [5.41, 5.74) is 1.18. The summed E-state index contributed by atoms with van der Waals surface area (Å²) < 4.78 is 10.8. The van der Waals surface area contributed by atoms with Crippen LogP contribution in [0.1, 0.15) is 18.1 Å². The van der Waals surface area contributed by atoms with Crippen molar-refractivity contribution in [1.82, 2.24) is 0 Å². The lowest BCUT2D eigenvalue weighted by molar-refractivity contribution is 0.114. The Labute approximate surface area is 92.3 Å². The Morgan fingerprint density at radius 3 is 3.00 bits per heavy atom. The van der Waals surface area contributed by atoms with Gasteiger partial charge in [0.15, 0.2) is 0 Å². The maximum Gasteiger partial charge on any atom is 0.119 e. The van der Waals surface area contributed by atoms with Crippen molar-refractivity contribution >= 4 is 15.9 Å². The lowest BCUT2D eigenvalue weighted by atomic mass is 10.1. The van der Waals surface area contributed by atoms with E-state index >= 15 is 0 Å². The first-order valence-corrected chi connectivity index (χ1v) is 5.62. The molecule has 1 aromatic rings. The number of hydrogen-bond acceptors (Lipinski definition) is 2. The van der Waals surface area contributed by atoms with Gasteiger partial charge in [0.1, 0.15) is 5.75 Å². The Balaban J connectivity index is 2.22. The van der Waals surface area contributed by atoms with E-state index in [0.717, 1.165) is 18.8 Å². The Morgan fingerprint density at radius 1 is 1.50 bits per heavy atom. The highest BCUT2D eigenvalue weighted by atomic mass is 79.9. The molecule has 2 rings (SSSR count). The van der Waals surface area contributed by atoms with Crippen LogP contribution in [-0.2, 0) is 4.74 Å². The molecule has 3 heteroatoms. The first kappa shape index (κ1) is 9.99. The van der Waals surface area contributed by atoms with Gasteiger partial charge in [-0.3, -0.25) is 0 Å².